The van der Waals surface area contributed by atoms with Crippen LogP contribution in [0.2, 0.25) is 0 Å². The number of nitrogens with zero attached hydrogens (tertiary/aromatic N) is 2. The molecule has 0 atom stereocenters. The maximum absolute atomic E-state index is 10.5. The molecule has 18 nitrogen and oxygen atoms in total. The predicted molar refractivity (Wildman–Crippen MR) is 179 cm³/mol. The minimum atomic E-state index is -4.02. The largest absolute Gasteiger partial charge is 0.496 e. The van der Waals surface area contributed by atoms with E-state index < -0.39 is 16.1 Å². The number of benzene rings is 3. The molecule has 10 N–H and O–H groups in total. The Labute approximate surface area is 277 Å². The average Bonchev–Trinajstić information content (AvgIpc) is 3.04. The van der Waals surface area contributed by atoms with Crippen molar-refractivity contribution in [1.29, 1.82) is 10.8 Å². The van der Waals surface area contributed by atoms with Crippen molar-refractivity contribution in [3.05, 3.63) is 77.4 Å². The number of aliphatic carboxylic acids is 1. The zero-order chi connectivity index (χ0) is 36.7. The number of hydroxylamine groups is 1. The Morgan fingerprint density at radius 1 is 0.854 bits per heavy atom. The summed E-state index contributed by atoms with van der Waals surface area (Å²) in [5.41, 5.74) is 13.7. The summed E-state index contributed by atoms with van der Waals surface area (Å²) in [6, 6.07) is 16.7. The monoisotopic (exact) mass is 692 g/mol. The second kappa shape index (κ2) is 22.6. The van der Waals surface area contributed by atoms with E-state index in [1.807, 2.05) is 25.1 Å². The van der Waals surface area contributed by atoms with Gasteiger partial charge in [0.25, 0.3) is 16.1 Å². The highest BCUT2D eigenvalue weighted by Crippen LogP contribution is 2.32. The van der Waals surface area contributed by atoms with Crippen LogP contribution in [-0.4, -0.2) is 82.0 Å². The Balaban J connectivity index is 0.000000667. The number of ether oxygens (including phenoxy) is 4. The Kier molecular flexibility index (Phi) is 19.8. The molecule has 0 saturated heterocycles. The van der Waals surface area contributed by atoms with Gasteiger partial charge in [0, 0.05) is 24.6 Å². The van der Waals surface area contributed by atoms with Gasteiger partial charge in [-0.05, 0) is 31.2 Å². The molecule has 0 fully saturated rings. The molecule has 0 aromatic heterocycles. The van der Waals surface area contributed by atoms with Crippen molar-refractivity contribution in [2.75, 3.05) is 28.4 Å². The number of para-hydroxylation sites is 1. The van der Waals surface area contributed by atoms with Crippen LogP contribution in [0.1, 0.15) is 23.6 Å². The molecule has 0 unspecified atom stereocenters. The van der Waals surface area contributed by atoms with E-state index in [2.05, 4.69) is 21.1 Å². The van der Waals surface area contributed by atoms with Crippen LogP contribution in [0, 0.1) is 17.7 Å². The quantitative estimate of drug-likeness (QED) is 0.0674. The number of hydrogen-bond donors (Lipinski definition) is 9. The lowest BCUT2D eigenvalue weighted by atomic mass is 10.2. The van der Waals surface area contributed by atoms with E-state index in [9.17, 15) is 8.42 Å². The number of hydrazone groups is 2. The van der Waals surface area contributed by atoms with Gasteiger partial charge >= 0.3 is 0 Å². The summed E-state index contributed by atoms with van der Waals surface area (Å²) >= 11 is 0. The van der Waals surface area contributed by atoms with Crippen molar-refractivity contribution in [3.63, 3.8) is 0 Å². The van der Waals surface area contributed by atoms with Gasteiger partial charge in [-0.1, -0.05) is 29.8 Å². The first-order valence-electron chi connectivity index (χ1n) is 13.2. The fraction of sp³-hybridized carbons (Fsp3) is 0.207. The van der Waals surface area contributed by atoms with E-state index >= 15 is 0 Å². The number of carbonyl (C=O) groups is 1. The van der Waals surface area contributed by atoms with Crippen molar-refractivity contribution >= 4 is 40.4 Å². The van der Waals surface area contributed by atoms with Gasteiger partial charge in [0.1, 0.15) is 23.0 Å². The lowest BCUT2D eigenvalue weighted by molar-refractivity contribution is -0.134. The number of rotatable bonds is 9. The van der Waals surface area contributed by atoms with Gasteiger partial charge in [-0.2, -0.15) is 18.6 Å². The van der Waals surface area contributed by atoms with Crippen LogP contribution in [0.5, 0.6) is 23.0 Å². The lowest BCUT2D eigenvalue weighted by Gasteiger charge is -2.12. The number of guanidine groups is 2. The Hall–Kier alpha value is -5.92. The van der Waals surface area contributed by atoms with Crippen molar-refractivity contribution in [2.45, 2.75) is 18.7 Å². The Morgan fingerprint density at radius 2 is 1.35 bits per heavy atom. The fourth-order valence-electron chi connectivity index (χ4n) is 3.00. The van der Waals surface area contributed by atoms with Crippen LogP contribution in [-0.2, 0) is 14.9 Å². The number of nitrogens with two attached hydrogens (primary N) is 1. The number of carboxylic acid groups (broad SMARTS) is 1. The summed E-state index contributed by atoms with van der Waals surface area (Å²) in [7, 11) is 2.17. The van der Waals surface area contributed by atoms with E-state index in [-0.39, 0.29) is 16.8 Å². The summed E-state index contributed by atoms with van der Waals surface area (Å²) in [5, 5.41) is 37.2. The van der Waals surface area contributed by atoms with Crippen LogP contribution < -0.4 is 41.0 Å². The highest BCUT2D eigenvalue weighted by molar-refractivity contribution is 7.85. The number of aryl methyl sites for hydroxylation is 1. The Morgan fingerprint density at radius 3 is 1.79 bits per heavy atom. The second-order valence-corrected chi connectivity index (χ2v) is 10.1. The summed E-state index contributed by atoms with van der Waals surface area (Å²) in [4.78, 5) is 8.93. The molecule has 262 valence electrons. The first kappa shape index (κ1) is 42.1. The minimum Gasteiger partial charge on any atom is -0.496 e. The topological polar surface area (TPSA) is 283 Å². The molecule has 19 heteroatoms. The summed E-state index contributed by atoms with van der Waals surface area (Å²) < 4.78 is 50.2. The van der Waals surface area contributed by atoms with Gasteiger partial charge in [-0.25, -0.2) is 16.3 Å². The molecule has 0 radical (unpaired) electrons. The second-order valence-electron chi connectivity index (χ2n) is 8.64. The number of hydrogen-bond acceptors (Lipinski definition) is 12. The summed E-state index contributed by atoms with van der Waals surface area (Å²) in [5.74, 6) is 0.992. The molecule has 0 aliphatic rings. The lowest BCUT2D eigenvalue weighted by Crippen LogP contribution is -2.30. The van der Waals surface area contributed by atoms with E-state index in [0.717, 1.165) is 18.1 Å². The fourth-order valence-corrected chi connectivity index (χ4v) is 3.48. The smallest absolute Gasteiger partial charge is 0.300 e. The van der Waals surface area contributed by atoms with Crippen LogP contribution in [0.4, 0.5) is 0 Å². The highest BCUT2D eigenvalue weighted by atomic mass is 32.2. The molecule has 3 aromatic carbocycles. The first-order chi connectivity index (χ1) is 22.6. The molecule has 0 heterocycles. The molecule has 0 saturated carbocycles. The molecule has 48 heavy (non-hydrogen) atoms. The zero-order valence-electron chi connectivity index (χ0n) is 27.0. The van der Waals surface area contributed by atoms with Gasteiger partial charge in [0.2, 0.25) is 11.9 Å². The van der Waals surface area contributed by atoms with Crippen molar-refractivity contribution in [2.24, 2.45) is 15.9 Å². The molecule has 0 spiro atoms. The third-order valence-electron chi connectivity index (χ3n) is 5.08. The first-order valence-corrected chi connectivity index (χ1v) is 14.6. The number of nitrogens with one attached hydrogen (secondary N) is 5. The summed E-state index contributed by atoms with van der Waals surface area (Å²) in [6.45, 7) is 2.92. The highest BCUT2D eigenvalue weighted by Gasteiger charge is 2.11. The van der Waals surface area contributed by atoms with Gasteiger partial charge in [0.15, 0.2) is 0 Å². The normalized spacial score (nSPS) is 10.1. The molecule has 0 amide bonds. The van der Waals surface area contributed by atoms with Crippen LogP contribution in [0.3, 0.4) is 0 Å². The van der Waals surface area contributed by atoms with Gasteiger partial charge < -0.3 is 29.8 Å². The van der Waals surface area contributed by atoms with Crippen LogP contribution >= 0.6 is 0 Å². The van der Waals surface area contributed by atoms with Crippen molar-refractivity contribution in [1.82, 2.24) is 16.3 Å². The molecule has 0 aliphatic heterocycles. The summed E-state index contributed by atoms with van der Waals surface area (Å²) in [6.07, 6.45) is 2.95. The number of methoxy groups -OCH3 is 4. The van der Waals surface area contributed by atoms with E-state index in [0.29, 0.717) is 28.6 Å². The van der Waals surface area contributed by atoms with E-state index in [1.54, 1.807) is 50.0 Å². The van der Waals surface area contributed by atoms with Gasteiger partial charge in [0.05, 0.1) is 51.3 Å². The average molecular weight is 693 g/mol. The molecular weight excluding hydrogens is 652 g/mol. The van der Waals surface area contributed by atoms with Crippen molar-refractivity contribution < 1.29 is 47.0 Å². The Bertz CT molecular complexity index is 1600. The molecular formula is C29H40N8O10S. The molecule has 0 bridgehead atoms. The third kappa shape index (κ3) is 17.5. The maximum Gasteiger partial charge on any atom is 0.300 e. The minimum absolute atomic E-state index is 0.0666. The third-order valence-corrected chi connectivity index (χ3v) is 5.95. The zero-order valence-corrected chi connectivity index (χ0v) is 27.8. The van der Waals surface area contributed by atoms with Crippen LogP contribution in [0.25, 0.3) is 0 Å². The number of carboxylic acids is 1. The molecule has 0 aliphatic carbocycles. The standard InChI is InChI=1S/C11H16N4O3.C9H12N4O2.C7H8O3S.C2H4O2/c1-16-7-4-9(17-2)8(10(5-7)18-3)6-14-15-11(12)13;1-15-8-5-3-2-4-7(8)6-11-12-9(10)13-14;1-6-2-4-7(5-3-6)11(8,9)10;1-2(3)4/h4-6H,1-3H3,(H4,12,13,15);2-6,14H,1H3,(H3,10,12,13);2-5H,1H3,(H,8,9,10);1H3,(H,3,4). The van der Waals surface area contributed by atoms with Gasteiger partial charge in [-0.15, -0.1) is 0 Å². The maximum atomic E-state index is 10.5. The predicted octanol–water partition coefficient (Wildman–Crippen LogP) is 2.39. The van der Waals surface area contributed by atoms with Gasteiger partial charge in [-0.3, -0.25) is 25.4 Å². The van der Waals surface area contributed by atoms with Crippen molar-refractivity contribution in [3.8, 4) is 23.0 Å². The van der Waals surface area contributed by atoms with Crippen LogP contribution in [0.15, 0.2) is 75.8 Å². The molecule has 3 aromatic rings. The molecule has 3 rings (SSSR count). The van der Waals surface area contributed by atoms with E-state index in [4.69, 9.17) is 55.2 Å². The SMILES string of the molecule is CC(=O)O.COc1cc(OC)c(C=NNC(=N)N)c(OC)c1.COc1ccccc1C=NNC(=N)NO.Cc1ccc(S(=O)(=O)O)cc1. The van der Waals surface area contributed by atoms with E-state index in [1.165, 1.54) is 38.8 Å².